The van der Waals surface area contributed by atoms with Crippen LogP contribution in [0.4, 0.5) is 10.8 Å². The quantitative estimate of drug-likeness (QED) is 0.910. The Morgan fingerprint density at radius 1 is 1.38 bits per heavy atom. The zero-order valence-corrected chi connectivity index (χ0v) is 13.6. The molecule has 2 aromatic rings. The van der Waals surface area contributed by atoms with E-state index in [0.717, 1.165) is 21.3 Å². The number of aryl methyl sites for hydroxylation is 1. The van der Waals surface area contributed by atoms with Crippen molar-refractivity contribution in [1.82, 2.24) is 14.3 Å². The number of fused-ring (bicyclic) bond motifs is 1. The molecule has 0 saturated carbocycles. The monoisotopic (exact) mass is 321 g/mol. The standard InChI is InChI=1S/C14H19N5S2/c1-8-7-20-13(16-8)11-12(15)18-21-14(11)17-9-4-6-19-5-2-3-10(9)19/h7,9-10,17H,2-6H2,1H3,(H2,15,18). The van der Waals surface area contributed by atoms with E-state index in [2.05, 4.69) is 25.0 Å². The van der Waals surface area contributed by atoms with Gasteiger partial charge in [-0.15, -0.1) is 11.3 Å². The van der Waals surface area contributed by atoms with Crippen LogP contribution in [0, 0.1) is 6.92 Å². The van der Waals surface area contributed by atoms with Crippen molar-refractivity contribution in [2.24, 2.45) is 0 Å². The van der Waals surface area contributed by atoms with Gasteiger partial charge in [0.25, 0.3) is 0 Å². The minimum Gasteiger partial charge on any atom is -0.382 e. The summed E-state index contributed by atoms with van der Waals surface area (Å²) in [7, 11) is 0. The first-order chi connectivity index (χ1) is 10.2. The summed E-state index contributed by atoms with van der Waals surface area (Å²) in [6.07, 6.45) is 3.84. The molecule has 4 heterocycles. The highest BCUT2D eigenvalue weighted by molar-refractivity contribution is 7.15. The minimum absolute atomic E-state index is 0.521. The predicted octanol–water partition coefficient (Wildman–Crippen LogP) is 2.81. The molecule has 7 heteroatoms. The molecule has 3 N–H and O–H groups in total. The fourth-order valence-electron chi connectivity index (χ4n) is 3.50. The molecule has 0 amide bonds. The second-order valence-electron chi connectivity index (χ2n) is 5.85. The van der Waals surface area contributed by atoms with Gasteiger partial charge in [0.15, 0.2) is 0 Å². The topological polar surface area (TPSA) is 67.1 Å². The van der Waals surface area contributed by atoms with Gasteiger partial charge in [-0.25, -0.2) is 4.98 Å². The predicted molar refractivity (Wildman–Crippen MR) is 89.0 cm³/mol. The number of hydrogen-bond donors (Lipinski definition) is 2. The number of rotatable bonds is 3. The first-order valence-electron chi connectivity index (χ1n) is 7.40. The van der Waals surface area contributed by atoms with Gasteiger partial charge in [-0.3, -0.25) is 4.90 Å². The number of nitrogens with one attached hydrogen (secondary N) is 1. The van der Waals surface area contributed by atoms with Crippen LogP contribution in [0.3, 0.4) is 0 Å². The van der Waals surface area contributed by atoms with Crippen molar-refractivity contribution < 1.29 is 0 Å². The number of thiazole rings is 1. The smallest absolute Gasteiger partial charge is 0.149 e. The summed E-state index contributed by atoms with van der Waals surface area (Å²) in [5.41, 5.74) is 8.11. The number of nitrogens with zero attached hydrogens (tertiary/aromatic N) is 3. The first-order valence-corrected chi connectivity index (χ1v) is 9.06. The van der Waals surface area contributed by atoms with Gasteiger partial charge in [-0.2, -0.15) is 4.37 Å². The van der Waals surface area contributed by atoms with Crippen LogP contribution in [0.2, 0.25) is 0 Å². The molecule has 0 aromatic carbocycles. The molecule has 21 heavy (non-hydrogen) atoms. The van der Waals surface area contributed by atoms with Crippen LogP contribution in [0.5, 0.6) is 0 Å². The van der Waals surface area contributed by atoms with E-state index in [1.807, 2.05) is 6.92 Å². The fraction of sp³-hybridized carbons (Fsp3) is 0.571. The lowest BCUT2D eigenvalue weighted by atomic mass is 10.1. The summed E-state index contributed by atoms with van der Waals surface area (Å²) < 4.78 is 4.34. The average Bonchev–Trinajstić information content (AvgIpc) is 3.18. The van der Waals surface area contributed by atoms with Gasteiger partial charge in [0, 0.05) is 29.7 Å². The summed E-state index contributed by atoms with van der Waals surface area (Å²) in [5.74, 6) is 0.595. The molecule has 2 aromatic heterocycles. The Morgan fingerprint density at radius 3 is 3.10 bits per heavy atom. The Balaban J connectivity index is 1.61. The number of nitrogens with two attached hydrogens (primary N) is 1. The first kappa shape index (κ1) is 13.5. The fourth-order valence-corrected chi connectivity index (χ4v) is 5.19. The highest BCUT2D eigenvalue weighted by atomic mass is 32.1. The van der Waals surface area contributed by atoms with Gasteiger partial charge >= 0.3 is 0 Å². The Morgan fingerprint density at radius 2 is 2.29 bits per heavy atom. The minimum atomic E-state index is 0.521. The molecule has 2 unspecified atom stereocenters. The molecule has 2 atom stereocenters. The van der Waals surface area contributed by atoms with Crippen LogP contribution in [-0.2, 0) is 0 Å². The van der Waals surface area contributed by atoms with Crippen LogP contribution in [0.25, 0.3) is 10.6 Å². The highest BCUT2D eigenvalue weighted by Crippen LogP contribution is 2.40. The lowest BCUT2D eigenvalue weighted by Gasteiger charge is -2.21. The number of anilines is 2. The summed E-state index contributed by atoms with van der Waals surface area (Å²) in [4.78, 5) is 7.18. The van der Waals surface area contributed by atoms with E-state index in [9.17, 15) is 0 Å². The van der Waals surface area contributed by atoms with Gasteiger partial charge < -0.3 is 11.1 Å². The van der Waals surface area contributed by atoms with Crippen LogP contribution >= 0.6 is 22.9 Å². The normalized spacial score (nSPS) is 25.4. The molecule has 2 aliphatic heterocycles. The third-order valence-corrected chi connectivity index (χ3v) is 6.24. The summed E-state index contributed by atoms with van der Waals surface area (Å²) in [6.45, 7) is 4.48. The van der Waals surface area contributed by atoms with Crippen LogP contribution in [0.1, 0.15) is 25.0 Å². The molecule has 2 fully saturated rings. The SMILES string of the molecule is Cc1csc(-c2c(N)nsc2NC2CCN3CCCC23)n1. The largest absolute Gasteiger partial charge is 0.382 e. The maximum Gasteiger partial charge on any atom is 0.149 e. The number of hydrogen-bond acceptors (Lipinski definition) is 7. The third-order valence-electron chi connectivity index (χ3n) is 4.47. The van der Waals surface area contributed by atoms with E-state index in [1.165, 1.54) is 43.9 Å². The summed E-state index contributed by atoms with van der Waals surface area (Å²) in [5, 5.41) is 7.83. The molecule has 0 bridgehead atoms. The van der Waals surface area contributed by atoms with Gasteiger partial charge in [-0.05, 0) is 44.3 Å². The second kappa shape index (κ2) is 5.23. The molecule has 4 rings (SSSR count). The van der Waals surface area contributed by atoms with Gasteiger partial charge in [0.1, 0.15) is 15.8 Å². The molecule has 0 spiro atoms. The van der Waals surface area contributed by atoms with Gasteiger partial charge in [0.05, 0.1) is 5.56 Å². The molecule has 0 radical (unpaired) electrons. The molecule has 2 saturated heterocycles. The molecular formula is C14H19N5S2. The molecule has 2 aliphatic rings. The lowest BCUT2D eigenvalue weighted by molar-refractivity contribution is 0.318. The van der Waals surface area contributed by atoms with Crippen molar-refractivity contribution >= 4 is 33.7 Å². The molecular weight excluding hydrogens is 302 g/mol. The number of nitrogen functional groups attached to an aromatic ring is 1. The zero-order valence-electron chi connectivity index (χ0n) is 12.0. The van der Waals surface area contributed by atoms with E-state index in [0.29, 0.717) is 17.9 Å². The van der Waals surface area contributed by atoms with Crippen molar-refractivity contribution in [2.75, 3.05) is 24.1 Å². The van der Waals surface area contributed by atoms with Crippen molar-refractivity contribution in [3.8, 4) is 10.6 Å². The van der Waals surface area contributed by atoms with E-state index in [-0.39, 0.29) is 0 Å². The maximum absolute atomic E-state index is 6.08. The van der Waals surface area contributed by atoms with E-state index in [1.54, 1.807) is 11.3 Å². The van der Waals surface area contributed by atoms with E-state index < -0.39 is 0 Å². The van der Waals surface area contributed by atoms with Crippen molar-refractivity contribution in [2.45, 2.75) is 38.3 Å². The van der Waals surface area contributed by atoms with Crippen molar-refractivity contribution in [1.29, 1.82) is 0 Å². The zero-order chi connectivity index (χ0) is 14.4. The van der Waals surface area contributed by atoms with Crippen LogP contribution < -0.4 is 11.1 Å². The third kappa shape index (κ3) is 2.33. The van der Waals surface area contributed by atoms with Crippen molar-refractivity contribution in [3.63, 3.8) is 0 Å². The molecule has 5 nitrogen and oxygen atoms in total. The highest BCUT2D eigenvalue weighted by Gasteiger charge is 2.37. The summed E-state index contributed by atoms with van der Waals surface area (Å²) in [6, 6.07) is 1.20. The summed E-state index contributed by atoms with van der Waals surface area (Å²) >= 11 is 3.10. The van der Waals surface area contributed by atoms with Crippen molar-refractivity contribution in [3.05, 3.63) is 11.1 Å². The van der Waals surface area contributed by atoms with E-state index in [4.69, 9.17) is 5.73 Å². The van der Waals surface area contributed by atoms with E-state index >= 15 is 0 Å². The Labute approximate surface area is 132 Å². The number of aromatic nitrogens is 2. The maximum atomic E-state index is 6.08. The molecule has 0 aliphatic carbocycles. The van der Waals surface area contributed by atoms with Crippen LogP contribution in [0.15, 0.2) is 5.38 Å². The Hall–Kier alpha value is -1.18. The molecule has 112 valence electrons. The van der Waals surface area contributed by atoms with Gasteiger partial charge in [-0.1, -0.05) is 0 Å². The van der Waals surface area contributed by atoms with Crippen LogP contribution in [-0.4, -0.2) is 39.4 Å². The average molecular weight is 321 g/mol. The lowest BCUT2D eigenvalue weighted by Crippen LogP contribution is -2.33. The Bertz CT molecular complexity index is 650. The van der Waals surface area contributed by atoms with Gasteiger partial charge in [0.2, 0.25) is 0 Å². The second-order valence-corrected chi connectivity index (χ2v) is 7.48. The Kier molecular flexibility index (Phi) is 3.35.